The van der Waals surface area contributed by atoms with Gasteiger partial charge in [-0.25, -0.2) is 0 Å². The third kappa shape index (κ3) is 9.31. The van der Waals surface area contributed by atoms with Crippen molar-refractivity contribution in [2.24, 2.45) is 0 Å². The van der Waals surface area contributed by atoms with Gasteiger partial charge in [0.25, 0.3) is 0 Å². The summed E-state index contributed by atoms with van der Waals surface area (Å²) in [6, 6.07) is 0. The van der Waals surface area contributed by atoms with Gasteiger partial charge in [-0.1, -0.05) is 18.2 Å². The third-order valence-electron chi connectivity index (χ3n) is 1.68. The Hall–Kier alpha value is -0.600. The molecule has 2 heteroatoms. The molecule has 0 spiro atoms. The molecule has 0 aromatic carbocycles. The molecule has 0 aliphatic rings. The first-order chi connectivity index (χ1) is 6.31. The minimum Gasteiger partial charge on any atom is -0.394 e. The van der Waals surface area contributed by atoms with E-state index in [0.29, 0.717) is 6.61 Å². The van der Waals surface area contributed by atoms with Gasteiger partial charge >= 0.3 is 0 Å². The first-order valence-electron chi connectivity index (χ1n) is 4.79. The summed E-state index contributed by atoms with van der Waals surface area (Å²) in [6.45, 7) is 6.19. The second kappa shape index (κ2) is 9.49. The van der Waals surface area contributed by atoms with Crippen LogP contribution in [0.5, 0.6) is 0 Å². The van der Waals surface area contributed by atoms with Gasteiger partial charge in [0, 0.05) is 0 Å². The maximum absolute atomic E-state index is 8.65. The molecule has 0 radical (unpaired) electrons. The van der Waals surface area contributed by atoms with Crippen LogP contribution in [0.25, 0.3) is 0 Å². The fourth-order valence-corrected chi connectivity index (χ4v) is 0.838. The molecule has 0 aliphatic carbocycles. The summed E-state index contributed by atoms with van der Waals surface area (Å²) in [7, 11) is 0. The fourth-order valence-electron chi connectivity index (χ4n) is 0.838. The van der Waals surface area contributed by atoms with Crippen molar-refractivity contribution in [3.63, 3.8) is 0 Å². The summed E-state index contributed by atoms with van der Waals surface area (Å²) in [5.74, 6) is 0. The van der Waals surface area contributed by atoms with Gasteiger partial charge < -0.3 is 9.84 Å². The van der Waals surface area contributed by atoms with Crippen LogP contribution in [0, 0.1) is 0 Å². The zero-order valence-corrected chi connectivity index (χ0v) is 8.41. The molecule has 0 heterocycles. The van der Waals surface area contributed by atoms with Crippen molar-refractivity contribution in [1.29, 1.82) is 0 Å². The summed E-state index contributed by atoms with van der Waals surface area (Å²) in [5, 5.41) is 8.65. The minimum atomic E-state index is -0.0576. The van der Waals surface area contributed by atoms with Crippen molar-refractivity contribution in [2.45, 2.75) is 32.3 Å². The second-order valence-electron chi connectivity index (χ2n) is 3.02. The van der Waals surface area contributed by atoms with Crippen LogP contribution in [0.2, 0.25) is 0 Å². The standard InChI is InChI=1S/C11H20O2/c1-3-4-5-6-7-8-9-13-11(2)10-12/h3,7-8,11-12H,1,4-6,9-10H2,2H3/b8-7-. The molecule has 1 N–H and O–H groups in total. The van der Waals surface area contributed by atoms with Gasteiger partial charge in [0.2, 0.25) is 0 Å². The molecule has 0 aliphatic heterocycles. The van der Waals surface area contributed by atoms with E-state index in [1.807, 2.05) is 19.1 Å². The Kier molecular flexibility index (Phi) is 9.05. The summed E-state index contributed by atoms with van der Waals surface area (Å²) in [5.41, 5.74) is 0. The zero-order valence-electron chi connectivity index (χ0n) is 8.41. The largest absolute Gasteiger partial charge is 0.394 e. The molecule has 0 saturated carbocycles. The molecule has 1 unspecified atom stereocenters. The molecular formula is C11H20O2. The Labute approximate surface area is 80.9 Å². The monoisotopic (exact) mass is 184 g/mol. The molecule has 1 atom stereocenters. The predicted octanol–water partition coefficient (Wildman–Crippen LogP) is 2.30. The van der Waals surface area contributed by atoms with Crippen molar-refractivity contribution in [1.82, 2.24) is 0 Å². The SMILES string of the molecule is C=CCCC/C=C\COC(C)CO. The molecule has 76 valence electrons. The highest BCUT2D eigenvalue weighted by atomic mass is 16.5. The molecule has 0 amide bonds. The molecule has 2 nitrogen and oxygen atoms in total. The van der Waals surface area contributed by atoms with Crippen LogP contribution < -0.4 is 0 Å². The smallest absolute Gasteiger partial charge is 0.0781 e. The van der Waals surface area contributed by atoms with Crippen LogP contribution in [0.15, 0.2) is 24.8 Å². The maximum Gasteiger partial charge on any atom is 0.0781 e. The number of allylic oxidation sites excluding steroid dienone is 2. The summed E-state index contributed by atoms with van der Waals surface area (Å²) in [6.07, 6.45) is 9.26. The number of aliphatic hydroxyl groups excluding tert-OH is 1. The third-order valence-corrected chi connectivity index (χ3v) is 1.68. The van der Waals surface area contributed by atoms with Crippen molar-refractivity contribution in [3.8, 4) is 0 Å². The van der Waals surface area contributed by atoms with Gasteiger partial charge in [-0.05, 0) is 26.2 Å². The van der Waals surface area contributed by atoms with Crippen LogP contribution in [0.4, 0.5) is 0 Å². The Morgan fingerprint density at radius 1 is 1.38 bits per heavy atom. The van der Waals surface area contributed by atoms with Gasteiger partial charge in [-0.15, -0.1) is 6.58 Å². The predicted molar refractivity (Wildman–Crippen MR) is 55.7 cm³/mol. The minimum absolute atomic E-state index is 0.0576. The lowest BCUT2D eigenvalue weighted by Gasteiger charge is -2.06. The average molecular weight is 184 g/mol. The van der Waals surface area contributed by atoms with Crippen LogP contribution >= 0.6 is 0 Å². The zero-order chi connectivity index (χ0) is 9.94. The van der Waals surface area contributed by atoms with Crippen LogP contribution in [-0.4, -0.2) is 24.4 Å². The number of hydrogen-bond donors (Lipinski definition) is 1. The van der Waals surface area contributed by atoms with E-state index in [0.717, 1.165) is 19.3 Å². The Morgan fingerprint density at radius 2 is 2.15 bits per heavy atom. The van der Waals surface area contributed by atoms with E-state index in [-0.39, 0.29) is 12.7 Å². The Bertz CT molecular complexity index is 141. The van der Waals surface area contributed by atoms with Crippen molar-refractivity contribution in [3.05, 3.63) is 24.8 Å². The molecule has 0 fully saturated rings. The van der Waals surface area contributed by atoms with Gasteiger partial charge in [-0.3, -0.25) is 0 Å². The number of rotatable bonds is 8. The van der Waals surface area contributed by atoms with E-state index >= 15 is 0 Å². The number of aliphatic hydroxyl groups is 1. The van der Waals surface area contributed by atoms with Crippen molar-refractivity contribution < 1.29 is 9.84 Å². The Morgan fingerprint density at radius 3 is 2.77 bits per heavy atom. The van der Waals surface area contributed by atoms with E-state index in [1.54, 1.807) is 0 Å². The average Bonchev–Trinajstić information content (AvgIpc) is 2.16. The highest BCUT2D eigenvalue weighted by Crippen LogP contribution is 1.97. The number of unbranched alkanes of at least 4 members (excludes halogenated alkanes) is 2. The topological polar surface area (TPSA) is 29.5 Å². The quantitative estimate of drug-likeness (QED) is 0.463. The molecule has 0 saturated heterocycles. The first-order valence-corrected chi connectivity index (χ1v) is 4.79. The summed E-state index contributed by atoms with van der Waals surface area (Å²) < 4.78 is 5.24. The normalized spacial score (nSPS) is 13.4. The lowest BCUT2D eigenvalue weighted by atomic mass is 10.2. The van der Waals surface area contributed by atoms with Crippen molar-refractivity contribution in [2.75, 3.05) is 13.2 Å². The van der Waals surface area contributed by atoms with Gasteiger partial charge in [0.15, 0.2) is 0 Å². The number of hydrogen-bond acceptors (Lipinski definition) is 2. The van der Waals surface area contributed by atoms with E-state index in [1.165, 1.54) is 0 Å². The van der Waals surface area contributed by atoms with Crippen LogP contribution in [-0.2, 0) is 4.74 Å². The molecule has 0 bridgehead atoms. The number of ether oxygens (including phenoxy) is 1. The molecular weight excluding hydrogens is 164 g/mol. The maximum atomic E-state index is 8.65. The van der Waals surface area contributed by atoms with Gasteiger partial charge in [0.05, 0.1) is 19.3 Å². The second-order valence-corrected chi connectivity index (χ2v) is 3.02. The Balaban J connectivity index is 3.16. The highest BCUT2D eigenvalue weighted by molar-refractivity contribution is 4.82. The van der Waals surface area contributed by atoms with Gasteiger partial charge in [0.1, 0.15) is 0 Å². The first kappa shape index (κ1) is 12.4. The van der Waals surface area contributed by atoms with Crippen LogP contribution in [0.3, 0.4) is 0 Å². The van der Waals surface area contributed by atoms with Crippen LogP contribution in [0.1, 0.15) is 26.2 Å². The lowest BCUT2D eigenvalue weighted by molar-refractivity contribution is 0.0411. The van der Waals surface area contributed by atoms with E-state index in [2.05, 4.69) is 12.7 Å². The van der Waals surface area contributed by atoms with Crippen molar-refractivity contribution >= 4 is 0 Å². The van der Waals surface area contributed by atoms with E-state index in [9.17, 15) is 0 Å². The van der Waals surface area contributed by atoms with E-state index < -0.39 is 0 Å². The molecule has 0 aromatic heterocycles. The molecule has 13 heavy (non-hydrogen) atoms. The lowest BCUT2D eigenvalue weighted by Crippen LogP contribution is -2.12. The van der Waals surface area contributed by atoms with Gasteiger partial charge in [-0.2, -0.15) is 0 Å². The summed E-state index contributed by atoms with van der Waals surface area (Å²) >= 11 is 0. The molecule has 0 aromatic rings. The highest BCUT2D eigenvalue weighted by Gasteiger charge is 1.95. The summed E-state index contributed by atoms with van der Waals surface area (Å²) in [4.78, 5) is 0. The fraction of sp³-hybridized carbons (Fsp3) is 0.636. The van der Waals surface area contributed by atoms with E-state index in [4.69, 9.17) is 9.84 Å². The molecule has 0 rings (SSSR count).